The molecule has 2 aromatic rings. The summed E-state index contributed by atoms with van der Waals surface area (Å²) < 4.78 is 1.71. The second-order valence-corrected chi connectivity index (χ2v) is 3.18. The lowest BCUT2D eigenvalue weighted by atomic mass is 10.2. The summed E-state index contributed by atoms with van der Waals surface area (Å²) in [6.07, 6.45) is 3.25. The Morgan fingerprint density at radius 3 is 3.00 bits per heavy atom. The van der Waals surface area contributed by atoms with Gasteiger partial charge in [-0.3, -0.25) is 0 Å². The highest BCUT2D eigenvalue weighted by molar-refractivity contribution is 7.14. The van der Waals surface area contributed by atoms with Crippen molar-refractivity contribution in [1.82, 2.24) is 9.32 Å². The van der Waals surface area contributed by atoms with Crippen LogP contribution in [-0.4, -0.2) is 20.4 Å². The molecule has 1 atom stereocenters. The van der Waals surface area contributed by atoms with Crippen LogP contribution < -0.4 is 0 Å². The van der Waals surface area contributed by atoms with Crippen LogP contribution in [-0.2, 0) is 0 Å². The molecular weight excluding hydrogens is 187 g/mol. The van der Waals surface area contributed by atoms with Crippen molar-refractivity contribution in [3.05, 3.63) is 30.1 Å². The monoisotopic (exact) mass is 194 g/mol. The van der Waals surface area contributed by atoms with E-state index in [0.29, 0.717) is 11.0 Å². The fraction of sp³-hybridized carbons (Fsp3) is 0. The van der Waals surface area contributed by atoms with Crippen molar-refractivity contribution >= 4 is 26.4 Å². The summed E-state index contributed by atoms with van der Waals surface area (Å²) in [5, 5.41) is 9.51. The number of hydrogen-bond acceptors (Lipinski definition) is 2. The molecule has 0 radical (unpaired) electrons. The van der Waals surface area contributed by atoms with Gasteiger partial charge < -0.3 is 9.44 Å². The topological polar surface area (TPSA) is 55.1 Å². The van der Waals surface area contributed by atoms with Crippen LogP contribution in [0.2, 0.25) is 0 Å². The standard InChI is InChI=1S/C8H7N2O2P/c11-8(12)6-1-3-9-7-5(6)2-4-10(7)13/h1-4H,13H2,(H,11,12). The first kappa shape index (κ1) is 8.20. The van der Waals surface area contributed by atoms with Crippen LogP contribution in [0.1, 0.15) is 10.4 Å². The Morgan fingerprint density at radius 2 is 2.31 bits per heavy atom. The summed E-state index contributed by atoms with van der Waals surface area (Å²) in [6, 6.07) is 3.23. The number of hydrogen-bond donors (Lipinski definition) is 1. The molecule has 13 heavy (non-hydrogen) atoms. The maximum absolute atomic E-state index is 10.8. The van der Waals surface area contributed by atoms with Gasteiger partial charge in [0.25, 0.3) is 0 Å². The van der Waals surface area contributed by atoms with Crippen molar-refractivity contribution in [1.29, 1.82) is 0 Å². The molecule has 0 aromatic carbocycles. The maximum atomic E-state index is 10.8. The van der Waals surface area contributed by atoms with E-state index in [9.17, 15) is 4.79 Å². The number of pyridine rings is 1. The second kappa shape index (κ2) is 2.82. The highest BCUT2D eigenvalue weighted by Gasteiger charge is 2.09. The lowest BCUT2D eigenvalue weighted by Crippen LogP contribution is -1.97. The third-order valence-electron chi connectivity index (χ3n) is 1.85. The minimum Gasteiger partial charge on any atom is -0.478 e. The molecule has 0 spiro atoms. The van der Waals surface area contributed by atoms with Crippen LogP contribution in [0.15, 0.2) is 24.5 Å². The molecule has 0 aliphatic carbocycles. The first-order chi connectivity index (χ1) is 6.20. The molecule has 0 amide bonds. The predicted octanol–water partition coefficient (Wildman–Crippen LogP) is 1.37. The Bertz CT molecular complexity index is 478. The van der Waals surface area contributed by atoms with E-state index in [0.717, 1.165) is 0 Å². The molecule has 2 heterocycles. The lowest BCUT2D eigenvalue weighted by molar-refractivity contribution is 0.0699. The molecular formula is C8H7N2O2P. The number of rotatable bonds is 1. The van der Waals surface area contributed by atoms with Crippen molar-refractivity contribution in [2.45, 2.75) is 0 Å². The molecule has 0 bridgehead atoms. The summed E-state index contributed by atoms with van der Waals surface area (Å²) in [6.45, 7) is 0. The van der Waals surface area contributed by atoms with Gasteiger partial charge in [0.15, 0.2) is 0 Å². The van der Waals surface area contributed by atoms with Gasteiger partial charge in [-0.15, -0.1) is 0 Å². The van der Waals surface area contributed by atoms with Gasteiger partial charge in [0, 0.05) is 17.8 Å². The minimum atomic E-state index is -0.927. The van der Waals surface area contributed by atoms with Crippen LogP contribution in [0.25, 0.3) is 11.0 Å². The van der Waals surface area contributed by atoms with Gasteiger partial charge in [0.2, 0.25) is 0 Å². The molecule has 0 saturated heterocycles. The normalized spacial score (nSPS) is 10.5. The Hall–Kier alpha value is -1.41. The number of carbonyl (C=O) groups is 1. The van der Waals surface area contributed by atoms with Gasteiger partial charge in [-0.05, 0) is 21.5 Å². The van der Waals surface area contributed by atoms with Gasteiger partial charge in [0.1, 0.15) is 5.65 Å². The van der Waals surface area contributed by atoms with Crippen molar-refractivity contribution in [3.8, 4) is 0 Å². The van der Waals surface area contributed by atoms with E-state index < -0.39 is 5.97 Å². The Balaban J connectivity index is 2.84. The molecule has 0 aliphatic rings. The number of carboxylic acids is 1. The van der Waals surface area contributed by atoms with Gasteiger partial charge in [-0.1, -0.05) is 0 Å². The molecule has 5 heteroatoms. The summed E-state index contributed by atoms with van der Waals surface area (Å²) >= 11 is 0. The molecule has 66 valence electrons. The van der Waals surface area contributed by atoms with E-state index in [2.05, 4.69) is 14.4 Å². The zero-order valence-electron chi connectivity index (χ0n) is 6.64. The van der Waals surface area contributed by atoms with E-state index in [1.54, 1.807) is 16.6 Å². The van der Waals surface area contributed by atoms with Crippen molar-refractivity contribution in [2.24, 2.45) is 0 Å². The van der Waals surface area contributed by atoms with E-state index in [1.165, 1.54) is 12.3 Å². The molecule has 1 unspecified atom stereocenters. The number of carboxylic acid groups (broad SMARTS) is 1. The van der Waals surface area contributed by atoms with Crippen molar-refractivity contribution in [2.75, 3.05) is 0 Å². The third kappa shape index (κ3) is 1.19. The highest BCUT2D eigenvalue weighted by Crippen LogP contribution is 2.19. The fourth-order valence-electron chi connectivity index (χ4n) is 1.24. The molecule has 2 rings (SSSR count). The van der Waals surface area contributed by atoms with E-state index in [4.69, 9.17) is 5.11 Å². The summed E-state index contributed by atoms with van der Waals surface area (Å²) in [5.41, 5.74) is 0.941. The first-order valence-electron chi connectivity index (χ1n) is 3.64. The Morgan fingerprint density at radius 1 is 1.54 bits per heavy atom. The SMILES string of the molecule is O=C(O)c1ccnc2c1ccn2P. The van der Waals surface area contributed by atoms with Crippen LogP contribution in [0, 0.1) is 0 Å². The largest absolute Gasteiger partial charge is 0.478 e. The summed E-state index contributed by atoms with van der Waals surface area (Å²) in [4.78, 5) is 14.8. The number of fused-ring (bicyclic) bond motifs is 1. The molecule has 1 N–H and O–H groups in total. The zero-order valence-corrected chi connectivity index (χ0v) is 7.79. The van der Waals surface area contributed by atoms with E-state index >= 15 is 0 Å². The van der Waals surface area contributed by atoms with E-state index in [-0.39, 0.29) is 5.56 Å². The predicted molar refractivity (Wildman–Crippen MR) is 51.8 cm³/mol. The quantitative estimate of drug-likeness (QED) is 0.697. The van der Waals surface area contributed by atoms with Crippen molar-refractivity contribution in [3.63, 3.8) is 0 Å². The van der Waals surface area contributed by atoms with Crippen LogP contribution in [0.3, 0.4) is 0 Å². The third-order valence-corrected chi connectivity index (χ3v) is 2.26. The van der Waals surface area contributed by atoms with Crippen LogP contribution >= 0.6 is 9.39 Å². The molecule has 0 saturated carbocycles. The smallest absolute Gasteiger partial charge is 0.336 e. The molecule has 2 aromatic heterocycles. The highest BCUT2D eigenvalue weighted by atomic mass is 31.0. The van der Waals surface area contributed by atoms with Gasteiger partial charge in [-0.25, -0.2) is 9.78 Å². The first-order valence-corrected chi connectivity index (χ1v) is 4.16. The average Bonchev–Trinajstić information content (AvgIpc) is 2.48. The molecule has 0 aliphatic heterocycles. The maximum Gasteiger partial charge on any atom is 0.336 e. The van der Waals surface area contributed by atoms with Crippen LogP contribution in [0.5, 0.6) is 0 Å². The second-order valence-electron chi connectivity index (χ2n) is 2.62. The number of aromatic carboxylic acids is 1. The zero-order chi connectivity index (χ0) is 9.42. The van der Waals surface area contributed by atoms with Gasteiger partial charge >= 0.3 is 5.97 Å². The summed E-state index contributed by atoms with van der Waals surface area (Å²) in [7, 11) is 2.45. The molecule has 0 fully saturated rings. The summed E-state index contributed by atoms with van der Waals surface area (Å²) in [5.74, 6) is -0.927. The lowest BCUT2D eigenvalue weighted by Gasteiger charge is -1.97. The minimum absolute atomic E-state index is 0.284. The number of aromatic nitrogens is 2. The number of nitrogens with zero attached hydrogens (tertiary/aromatic N) is 2. The van der Waals surface area contributed by atoms with E-state index in [1.807, 2.05) is 0 Å². The average molecular weight is 194 g/mol. The Labute approximate surface area is 76.5 Å². The molecule has 4 nitrogen and oxygen atoms in total. The van der Waals surface area contributed by atoms with Gasteiger partial charge in [-0.2, -0.15) is 0 Å². The van der Waals surface area contributed by atoms with Gasteiger partial charge in [0.05, 0.1) is 5.56 Å². The van der Waals surface area contributed by atoms with Crippen LogP contribution in [0.4, 0.5) is 0 Å². The Kier molecular flexibility index (Phi) is 1.78. The fourth-order valence-corrected chi connectivity index (χ4v) is 1.54. The van der Waals surface area contributed by atoms with Crippen molar-refractivity contribution < 1.29 is 9.90 Å².